The summed E-state index contributed by atoms with van der Waals surface area (Å²) in [7, 11) is -3.79. The molecule has 3 heterocycles. The number of hydrogen-bond donors (Lipinski definition) is 3. The van der Waals surface area contributed by atoms with Gasteiger partial charge >= 0.3 is 5.97 Å². The minimum Gasteiger partial charge on any atom is -0.478 e. The maximum atomic E-state index is 12.6. The van der Waals surface area contributed by atoms with Crippen LogP contribution in [0.2, 0.25) is 0 Å². The second-order valence-corrected chi connectivity index (χ2v) is 9.02. The Morgan fingerprint density at radius 2 is 1.94 bits per heavy atom. The number of anilines is 1. The molecule has 1 aliphatic carbocycles. The molecule has 0 saturated heterocycles. The topological polar surface area (TPSA) is 138 Å². The largest absolute Gasteiger partial charge is 0.478 e. The molecule has 1 aliphatic rings. The SMILES string of the molecule is O=C(O)c1cc(-c2ccc(S(=O)(=O)Nc3cccnc3)cc2)nc2n[nH]c(C3CC3)c12. The second-order valence-electron chi connectivity index (χ2n) is 7.34. The van der Waals surface area contributed by atoms with E-state index in [-0.39, 0.29) is 10.5 Å². The predicted octanol–water partition coefficient (Wildman–Crippen LogP) is 3.40. The van der Waals surface area contributed by atoms with E-state index in [1.807, 2.05) is 0 Å². The highest BCUT2D eigenvalue weighted by molar-refractivity contribution is 7.92. The van der Waals surface area contributed by atoms with Crippen molar-refractivity contribution in [2.75, 3.05) is 4.72 Å². The fraction of sp³-hybridized carbons (Fsp3) is 0.143. The number of aromatic nitrogens is 4. The van der Waals surface area contributed by atoms with Gasteiger partial charge < -0.3 is 5.11 Å². The molecule has 3 N–H and O–H groups in total. The van der Waals surface area contributed by atoms with Gasteiger partial charge in [0.1, 0.15) is 0 Å². The third-order valence-electron chi connectivity index (χ3n) is 5.14. The number of hydrogen-bond acceptors (Lipinski definition) is 6. The third kappa shape index (κ3) is 3.61. The summed E-state index contributed by atoms with van der Waals surface area (Å²) in [6.45, 7) is 0. The van der Waals surface area contributed by atoms with Crippen molar-refractivity contribution in [3.05, 3.63) is 66.1 Å². The first-order chi connectivity index (χ1) is 14.9. The number of rotatable bonds is 6. The van der Waals surface area contributed by atoms with Gasteiger partial charge in [0.2, 0.25) is 0 Å². The molecular weight excluding hydrogens is 418 g/mol. The van der Waals surface area contributed by atoms with E-state index in [9.17, 15) is 18.3 Å². The number of carboxylic acids is 1. The van der Waals surface area contributed by atoms with Crippen molar-refractivity contribution in [1.82, 2.24) is 20.2 Å². The van der Waals surface area contributed by atoms with Gasteiger partial charge in [-0.05, 0) is 43.2 Å². The fourth-order valence-corrected chi connectivity index (χ4v) is 4.52. The van der Waals surface area contributed by atoms with Gasteiger partial charge in [-0.15, -0.1) is 0 Å². The predicted molar refractivity (Wildman–Crippen MR) is 113 cm³/mol. The fourth-order valence-electron chi connectivity index (χ4n) is 3.47. The van der Waals surface area contributed by atoms with Crippen LogP contribution in [0.15, 0.2) is 59.8 Å². The summed E-state index contributed by atoms with van der Waals surface area (Å²) in [5.41, 5.74) is 2.63. The Labute approximate surface area is 177 Å². The number of carbonyl (C=O) groups is 1. The first kappa shape index (κ1) is 19.2. The molecule has 10 heteroatoms. The standard InChI is InChI=1S/C21H17N5O4S/c27-21(28)16-10-17(23-20-18(16)19(24-25-20)13-3-4-13)12-5-7-15(8-6-12)31(29,30)26-14-2-1-9-22-11-14/h1-2,5-11,13,26H,3-4H2,(H,27,28)(H,23,24,25). The van der Waals surface area contributed by atoms with Crippen molar-refractivity contribution in [3.63, 3.8) is 0 Å². The van der Waals surface area contributed by atoms with Crippen LogP contribution in [-0.2, 0) is 10.0 Å². The molecule has 0 spiro atoms. The van der Waals surface area contributed by atoms with Gasteiger partial charge in [0.25, 0.3) is 10.0 Å². The molecule has 1 fully saturated rings. The monoisotopic (exact) mass is 435 g/mol. The molecule has 0 bridgehead atoms. The number of aromatic carboxylic acids is 1. The molecule has 0 aliphatic heterocycles. The summed E-state index contributed by atoms with van der Waals surface area (Å²) in [4.78, 5) is 20.3. The number of sulfonamides is 1. The van der Waals surface area contributed by atoms with E-state index in [4.69, 9.17) is 0 Å². The summed E-state index contributed by atoms with van der Waals surface area (Å²) >= 11 is 0. The Morgan fingerprint density at radius 3 is 2.58 bits per heavy atom. The van der Waals surface area contributed by atoms with Crippen molar-refractivity contribution >= 4 is 32.7 Å². The van der Waals surface area contributed by atoms with Crippen molar-refractivity contribution in [1.29, 1.82) is 0 Å². The Hall–Kier alpha value is -3.79. The first-order valence-corrected chi connectivity index (χ1v) is 11.1. The minimum absolute atomic E-state index is 0.0652. The van der Waals surface area contributed by atoms with Crippen LogP contribution >= 0.6 is 0 Å². The number of fused-ring (bicyclic) bond motifs is 1. The summed E-state index contributed by atoms with van der Waals surface area (Å²) in [5.74, 6) is -0.760. The molecule has 5 rings (SSSR count). The normalized spacial score (nSPS) is 13.9. The molecule has 1 saturated carbocycles. The maximum Gasteiger partial charge on any atom is 0.336 e. The van der Waals surface area contributed by atoms with E-state index in [1.165, 1.54) is 24.4 Å². The Balaban J connectivity index is 1.50. The second kappa shape index (κ2) is 7.17. The van der Waals surface area contributed by atoms with Crippen LogP contribution < -0.4 is 4.72 Å². The molecule has 31 heavy (non-hydrogen) atoms. The van der Waals surface area contributed by atoms with Crippen LogP contribution in [0.25, 0.3) is 22.3 Å². The molecule has 0 amide bonds. The zero-order valence-corrected chi connectivity index (χ0v) is 16.9. The lowest BCUT2D eigenvalue weighted by atomic mass is 10.0. The number of benzene rings is 1. The van der Waals surface area contributed by atoms with Crippen LogP contribution in [0.4, 0.5) is 5.69 Å². The number of H-pyrrole nitrogens is 1. The first-order valence-electron chi connectivity index (χ1n) is 9.58. The zero-order chi connectivity index (χ0) is 21.6. The van der Waals surface area contributed by atoms with Crippen LogP contribution in [-0.4, -0.2) is 39.7 Å². The molecule has 1 aromatic carbocycles. The van der Waals surface area contributed by atoms with E-state index < -0.39 is 16.0 Å². The summed E-state index contributed by atoms with van der Waals surface area (Å²) in [5, 5.41) is 17.4. The van der Waals surface area contributed by atoms with Gasteiger partial charge in [-0.2, -0.15) is 5.10 Å². The molecule has 0 radical (unpaired) electrons. The lowest BCUT2D eigenvalue weighted by Crippen LogP contribution is -2.12. The molecular formula is C21H17N5O4S. The Morgan fingerprint density at radius 1 is 1.16 bits per heavy atom. The molecule has 4 aromatic rings. The van der Waals surface area contributed by atoms with Crippen molar-refractivity contribution in [2.24, 2.45) is 0 Å². The number of aromatic amines is 1. The average molecular weight is 435 g/mol. The molecule has 9 nitrogen and oxygen atoms in total. The number of pyridine rings is 2. The summed E-state index contributed by atoms with van der Waals surface area (Å²) in [6, 6.07) is 10.8. The Bertz CT molecular complexity index is 1400. The highest BCUT2D eigenvalue weighted by atomic mass is 32.2. The van der Waals surface area contributed by atoms with Crippen molar-refractivity contribution in [3.8, 4) is 11.3 Å². The number of nitrogens with zero attached hydrogens (tertiary/aromatic N) is 3. The van der Waals surface area contributed by atoms with Crippen LogP contribution in [0.1, 0.15) is 34.8 Å². The van der Waals surface area contributed by atoms with Gasteiger partial charge in [-0.25, -0.2) is 18.2 Å². The summed E-state index contributed by atoms with van der Waals surface area (Å²) < 4.78 is 27.7. The van der Waals surface area contributed by atoms with Gasteiger partial charge in [-0.3, -0.25) is 14.8 Å². The highest BCUT2D eigenvalue weighted by Crippen LogP contribution is 2.43. The van der Waals surface area contributed by atoms with Gasteiger partial charge in [0.05, 0.1) is 33.4 Å². The lowest BCUT2D eigenvalue weighted by Gasteiger charge is -2.09. The van der Waals surface area contributed by atoms with Crippen molar-refractivity contribution < 1.29 is 18.3 Å². The van der Waals surface area contributed by atoms with Gasteiger partial charge in [0.15, 0.2) is 5.65 Å². The van der Waals surface area contributed by atoms with E-state index in [1.54, 1.807) is 30.5 Å². The van der Waals surface area contributed by atoms with Gasteiger partial charge in [0, 0.05) is 23.4 Å². The minimum atomic E-state index is -3.79. The van der Waals surface area contributed by atoms with E-state index >= 15 is 0 Å². The quantitative estimate of drug-likeness (QED) is 0.422. The third-order valence-corrected chi connectivity index (χ3v) is 6.54. The maximum absolute atomic E-state index is 12.6. The van der Waals surface area contributed by atoms with Gasteiger partial charge in [-0.1, -0.05) is 12.1 Å². The van der Waals surface area contributed by atoms with E-state index in [0.717, 1.165) is 18.5 Å². The molecule has 0 atom stereocenters. The van der Waals surface area contributed by atoms with Crippen LogP contribution in [0.3, 0.4) is 0 Å². The molecule has 156 valence electrons. The zero-order valence-electron chi connectivity index (χ0n) is 16.1. The van der Waals surface area contributed by atoms with Crippen LogP contribution in [0.5, 0.6) is 0 Å². The van der Waals surface area contributed by atoms with E-state index in [2.05, 4.69) is 24.9 Å². The number of nitrogens with one attached hydrogen (secondary N) is 2. The summed E-state index contributed by atoms with van der Waals surface area (Å²) in [6.07, 6.45) is 4.97. The smallest absolute Gasteiger partial charge is 0.336 e. The van der Waals surface area contributed by atoms with E-state index in [0.29, 0.717) is 33.9 Å². The number of carboxylic acid groups (broad SMARTS) is 1. The van der Waals surface area contributed by atoms with Crippen molar-refractivity contribution in [2.45, 2.75) is 23.7 Å². The lowest BCUT2D eigenvalue weighted by molar-refractivity contribution is 0.0699. The van der Waals surface area contributed by atoms with Crippen LogP contribution in [0, 0.1) is 0 Å². The average Bonchev–Trinajstić information content (AvgIpc) is 3.52. The molecule has 0 unspecified atom stereocenters. The highest BCUT2D eigenvalue weighted by Gasteiger charge is 2.30. The Kier molecular flexibility index (Phi) is 4.44. The molecule has 3 aromatic heterocycles.